The van der Waals surface area contributed by atoms with Gasteiger partial charge in [-0.05, 0) is 74.6 Å². The highest BCUT2D eigenvalue weighted by Gasteiger charge is 2.27. The number of pyridine rings is 2. The van der Waals surface area contributed by atoms with Gasteiger partial charge >= 0.3 is 0 Å². The third-order valence-electron chi connectivity index (χ3n) is 7.10. The highest BCUT2D eigenvalue weighted by Crippen LogP contribution is 2.26. The first-order valence-electron chi connectivity index (χ1n) is 13.4. The van der Waals surface area contributed by atoms with Crippen molar-refractivity contribution in [1.82, 2.24) is 14.9 Å². The molecule has 0 N–H and O–H groups in total. The number of fused-ring (bicyclic) bond motifs is 1. The van der Waals surface area contributed by atoms with Crippen LogP contribution in [0.15, 0.2) is 82.3 Å². The van der Waals surface area contributed by atoms with Crippen LogP contribution in [-0.4, -0.2) is 81.3 Å². The van der Waals surface area contributed by atoms with Gasteiger partial charge in [-0.15, -0.1) is 0 Å². The molecule has 1 saturated heterocycles. The number of rotatable bonds is 10. The molecule has 1 aliphatic rings. The minimum absolute atomic E-state index is 0.106. The average molecular weight is 644 g/mol. The SMILES string of the molecule is CC(OC(CF)COc1ccc2nc(-c3ccc(N4CCN(C)CC4)nc3)ccc2c1)S(=O)(=O)c1ccc(Br)cc1. The summed E-state index contributed by atoms with van der Waals surface area (Å²) < 4.78 is 51.5. The summed E-state index contributed by atoms with van der Waals surface area (Å²) >= 11 is 3.29. The zero-order valence-corrected chi connectivity index (χ0v) is 25.3. The maximum absolute atomic E-state index is 13.7. The van der Waals surface area contributed by atoms with Gasteiger partial charge in [0, 0.05) is 47.8 Å². The van der Waals surface area contributed by atoms with Crippen molar-refractivity contribution in [2.24, 2.45) is 0 Å². The third-order valence-corrected chi connectivity index (χ3v) is 9.55. The number of sulfone groups is 1. The smallest absolute Gasteiger partial charge is 0.204 e. The van der Waals surface area contributed by atoms with Crippen LogP contribution in [0, 0.1) is 0 Å². The van der Waals surface area contributed by atoms with Crippen molar-refractivity contribution < 1.29 is 22.3 Å². The molecule has 0 radical (unpaired) electrons. The monoisotopic (exact) mass is 642 g/mol. The lowest BCUT2D eigenvalue weighted by atomic mass is 10.1. The van der Waals surface area contributed by atoms with Crippen LogP contribution in [0.1, 0.15) is 6.92 Å². The molecule has 2 aromatic carbocycles. The molecule has 0 bridgehead atoms. The Morgan fingerprint density at radius 3 is 2.44 bits per heavy atom. The van der Waals surface area contributed by atoms with Gasteiger partial charge in [0.25, 0.3) is 0 Å². The van der Waals surface area contributed by atoms with Gasteiger partial charge in [-0.1, -0.05) is 22.0 Å². The number of likely N-dealkylation sites (N-methyl/N-ethyl adjacent to an activating group) is 1. The van der Waals surface area contributed by atoms with E-state index in [1.54, 1.807) is 18.2 Å². The number of halogens is 2. The van der Waals surface area contributed by atoms with Crippen LogP contribution in [-0.2, 0) is 14.6 Å². The van der Waals surface area contributed by atoms with Crippen molar-refractivity contribution in [3.8, 4) is 17.0 Å². The van der Waals surface area contributed by atoms with Crippen molar-refractivity contribution in [1.29, 1.82) is 0 Å². The van der Waals surface area contributed by atoms with Crippen LogP contribution in [0.25, 0.3) is 22.2 Å². The summed E-state index contributed by atoms with van der Waals surface area (Å²) in [6.07, 6.45) is 0.807. The fraction of sp³-hybridized carbons (Fsp3) is 0.333. The second kappa shape index (κ2) is 12.8. The molecule has 8 nitrogen and oxygen atoms in total. The highest BCUT2D eigenvalue weighted by atomic mass is 79.9. The van der Waals surface area contributed by atoms with E-state index >= 15 is 0 Å². The summed E-state index contributed by atoms with van der Waals surface area (Å²) in [7, 11) is -1.66. The largest absolute Gasteiger partial charge is 0.491 e. The number of anilines is 1. The number of nitrogens with zero attached hydrogens (tertiary/aromatic N) is 4. The molecule has 216 valence electrons. The zero-order valence-electron chi connectivity index (χ0n) is 22.9. The first-order valence-corrected chi connectivity index (χ1v) is 15.7. The predicted molar refractivity (Wildman–Crippen MR) is 162 cm³/mol. The Bertz CT molecular complexity index is 1580. The van der Waals surface area contributed by atoms with Gasteiger partial charge in [-0.2, -0.15) is 0 Å². The summed E-state index contributed by atoms with van der Waals surface area (Å²) in [5.41, 5.74) is 1.29. The summed E-state index contributed by atoms with van der Waals surface area (Å²) in [6.45, 7) is 4.34. The lowest BCUT2D eigenvalue weighted by Crippen LogP contribution is -2.44. The lowest BCUT2D eigenvalue weighted by molar-refractivity contribution is -0.00517. The number of alkyl halides is 1. The van der Waals surface area contributed by atoms with Crippen molar-refractivity contribution >= 4 is 42.5 Å². The van der Waals surface area contributed by atoms with E-state index in [0.29, 0.717) is 5.75 Å². The number of piperazine rings is 1. The molecule has 1 aliphatic heterocycles. The minimum atomic E-state index is -3.79. The molecule has 11 heteroatoms. The highest BCUT2D eigenvalue weighted by molar-refractivity contribution is 9.10. The van der Waals surface area contributed by atoms with Gasteiger partial charge in [0.05, 0.1) is 16.1 Å². The van der Waals surface area contributed by atoms with Gasteiger partial charge < -0.3 is 19.3 Å². The van der Waals surface area contributed by atoms with Crippen LogP contribution in [0.4, 0.5) is 10.2 Å². The molecule has 41 heavy (non-hydrogen) atoms. The quantitative estimate of drug-likeness (QED) is 0.228. The third kappa shape index (κ3) is 7.03. The van der Waals surface area contributed by atoms with Gasteiger partial charge in [-0.3, -0.25) is 0 Å². The maximum Gasteiger partial charge on any atom is 0.204 e. The molecule has 2 aromatic heterocycles. The van der Waals surface area contributed by atoms with Crippen LogP contribution in [0.5, 0.6) is 5.75 Å². The molecule has 0 saturated carbocycles. The van der Waals surface area contributed by atoms with Crippen LogP contribution in [0.3, 0.4) is 0 Å². The topological polar surface area (TPSA) is 84.9 Å². The molecular formula is C30H32BrFN4O4S. The van der Waals surface area contributed by atoms with Crippen LogP contribution in [0.2, 0.25) is 0 Å². The van der Waals surface area contributed by atoms with E-state index in [1.165, 1.54) is 19.1 Å². The summed E-state index contributed by atoms with van der Waals surface area (Å²) in [6, 6.07) is 19.6. The van der Waals surface area contributed by atoms with E-state index < -0.39 is 28.1 Å². The van der Waals surface area contributed by atoms with Crippen LogP contribution >= 0.6 is 15.9 Å². The Hall–Kier alpha value is -3.12. The van der Waals surface area contributed by atoms with Crippen LogP contribution < -0.4 is 9.64 Å². The standard InChI is InChI=1S/C30H32BrFN4O4S/c1-21(41(37,38)27-8-5-24(31)6-9-27)40-26(18-32)20-39-25-7-11-28-22(17-25)3-10-29(34-28)23-4-12-30(33-19-23)36-15-13-35(2)14-16-36/h3-12,17,19,21,26H,13-16,18,20H2,1-2H3. The van der Waals surface area contributed by atoms with E-state index in [9.17, 15) is 12.8 Å². The molecule has 2 unspecified atom stereocenters. The summed E-state index contributed by atoms with van der Waals surface area (Å²) in [4.78, 5) is 14.2. The number of hydrogen-bond acceptors (Lipinski definition) is 8. The Labute approximate surface area is 248 Å². The fourth-order valence-corrected chi connectivity index (χ4v) is 6.05. The Morgan fingerprint density at radius 1 is 1.00 bits per heavy atom. The van der Waals surface area contributed by atoms with Crippen molar-refractivity contribution in [2.75, 3.05) is 51.4 Å². The minimum Gasteiger partial charge on any atom is -0.491 e. The Kier molecular flexibility index (Phi) is 9.18. The molecular weight excluding hydrogens is 611 g/mol. The molecule has 0 aliphatic carbocycles. The van der Waals surface area contributed by atoms with E-state index in [1.807, 2.05) is 42.6 Å². The van der Waals surface area contributed by atoms with Gasteiger partial charge in [-0.25, -0.2) is 22.8 Å². The second-order valence-electron chi connectivity index (χ2n) is 10.0. The van der Waals surface area contributed by atoms with Gasteiger partial charge in [0.15, 0.2) is 5.44 Å². The van der Waals surface area contributed by atoms with E-state index in [2.05, 4.69) is 37.8 Å². The Morgan fingerprint density at radius 2 is 1.76 bits per heavy atom. The van der Waals surface area contributed by atoms with E-state index in [0.717, 1.165) is 58.6 Å². The van der Waals surface area contributed by atoms with Crippen molar-refractivity contribution in [2.45, 2.75) is 23.4 Å². The van der Waals surface area contributed by atoms with Crippen molar-refractivity contribution in [3.63, 3.8) is 0 Å². The fourth-order valence-electron chi connectivity index (χ4n) is 4.58. The number of benzene rings is 2. The first kappa shape index (κ1) is 29.4. The summed E-state index contributed by atoms with van der Waals surface area (Å²) in [5, 5.41) is 0.858. The summed E-state index contributed by atoms with van der Waals surface area (Å²) in [5.74, 6) is 1.48. The average Bonchev–Trinajstić information content (AvgIpc) is 2.99. The molecule has 3 heterocycles. The number of hydrogen-bond donors (Lipinski definition) is 0. The normalized spacial score (nSPS) is 16.0. The number of aromatic nitrogens is 2. The molecule has 5 rings (SSSR count). The second-order valence-corrected chi connectivity index (χ2v) is 13.2. The van der Waals surface area contributed by atoms with Gasteiger partial charge in [0.1, 0.15) is 31.0 Å². The molecule has 4 aromatic rings. The molecule has 0 amide bonds. The Balaban J connectivity index is 1.21. The number of ether oxygens (including phenoxy) is 2. The van der Waals surface area contributed by atoms with E-state index in [4.69, 9.17) is 14.5 Å². The lowest BCUT2D eigenvalue weighted by Gasteiger charge is -2.33. The van der Waals surface area contributed by atoms with E-state index in [-0.39, 0.29) is 11.5 Å². The first-order chi connectivity index (χ1) is 19.7. The molecule has 0 spiro atoms. The molecule has 1 fully saturated rings. The van der Waals surface area contributed by atoms with Crippen molar-refractivity contribution in [3.05, 3.63) is 77.4 Å². The predicted octanol–water partition coefficient (Wildman–Crippen LogP) is 5.36. The zero-order chi connectivity index (χ0) is 29.0. The maximum atomic E-state index is 13.7. The van der Waals surface area contributed by atoms with Gasteiger partial charge in [0.2, 0.25) is 9.84 Å². The molecule has 2 atom stereocenters.